The fourth-order valence-electron chi connectivity index (χ4n) is 1.96. The molecule has 1 N–H and O–H groups in total. The van der Waals surface area contributed by atoms with Crippen LogP contribution in [0.2, 0.25) is 5.02 Å². The minimum Gasteiger partial charge on any atom is -0.357 e. The van der Waals surface area contributed by atoms with E-state index >= 15 is 0 Å². The summed E-state index contributed by atoms with van der Waals surface area (Å²) >= 11 is 7.62. The van der Waals surface area contributed by atoms with Crippen molar-refractivity contribution < 1.29 is 0 Å². The molecule has 0 saturated carbocycles. The molecular weight excluding hydrogens is 276 g/mol. The van der Waals surface area contributed by atoms with Gasteiger partial charge in [0.05, 0.1) is 10.2 Å². The SMILES string of the molecule is Cc1ccccc1CNc1nc2cc(Cl)ccc2s1. The summed E-state index contributed by atoms with van der Waals surface area (Å²) in [5.41, 5.74) is 3.53. The molecule has 3 rings (SSSR count). The van der Waals surface area contributed by atoms with Crippen LogP contribution in [0.25, 0.3) is 10.2 Å². The summed E-state index contributed by atoms with van der Waals surface area (Å²) in [7, 11) is 0. The van der Waals surface area contributed by atoms with Crippen LogP contribution in [-0.2, 0) is 6.54 Å². The van der Waals surface area contributed by atoms with Crippen molar-refractivity contribution in [1.29, 1.82) is 0 Å². The molecule has 0 saturated heterocycles. The first-order valence-electron chi connectivity index (χ1n) is 6.07. The Morgan fingerprint density at radius 1 is 1.21 bits per heavy atom. The standard InChI is InChI=1S/C15H13ClN2S/c1-10-4-2-3-5-11(10)9-17-15-18-13-8-12(16)6-7-14(13)19-15/h2-8H,9H2,1H3,(H,17,18). The van der Waals surface area contributed by atoms with Gasteiger partial charge in [-0.3, -0.25) is 0 Å². The van der Waals surface area contributed by atoms with E-state index in [4.69, 9.17) is 11.6 Å². The lowest BCUT2D eigenvalue weighted by Gasteiger charge is -2.05. The Balaban J connectivity index is 1.80. The molecule has 0 aliphatic rings. The van der Waals surface area contributed by atoms with Gasteiger partial charge >= 0.3 is 0 Å². The van der Waals surface area contributed by atoms with Crippen LogP contribution in [0.4, 0.5) is 5.13 Å². The summed E-state index contributed by atoms with van der Waals surface area (Å²) in [6.45, 7) is 2.91. The Morgan fingerprint density at radius 3 is 2.89 bits per heavy atom. The van der Waals surface area contributed by atoms with E-state index in [0.717, 1.165) is 26.9 Å². The average molecular weight is 289 g/mol. The number of hydrogen-bond donors (Lipinski definition) is 1. The van der Waals surface area contributed by atoms with Crippen molar-refractivity contribution in [2.45, 2.75) is 13.5 Å². The van der Waals surface area contributed by atoms with Crippen molar-refractivity contribution in [3.05, 3.63) is 58.6 Å². The van der Waals surface area contributed by atoms with Gasteiger partial charge < -0.3 is 5.32 Å². The molecule has 2 aromatic carbocycles. The van der Waals surface area contributed by atoms with Crippen LogP contribution in [0.3, 0.4) is 0 Å². The largest absolute Gasteiger partial charge is 0.357 e. The third kappa shape index (κ3) is 2.72. The number of halogens is 1. The normalized spacial score (nSPS) is 10.8. The van der Waals surface area contributed by atoms with Crippen molar-refractivity contribution in [3.63, 3.8) is 0 Å². The van der Waals surface area contributed by atoms with Crippen LogP contribution in [0, 0.1) is 6.92 Å². The second kappa shape index (κ2) is 5.19. The number of hydrogen-bond acceptors (Lipinski definition) is 3. The minimum atomic E-state index is 0.725. The van der Waals surface area contributed by atoms with Crippen molar-refractivity contribution in [2.24, 2.45) is 0 Å². The average Bonchev–Trinajstić information content (AvgIpc) is 2.79. The molecule has 4 heteroatoms. The van der Waals surface area contributed by atoms with Crippen molar-refractivity contribution >= 4 is 38.3 Å². The molecule has 1 aromatic heterocycles. The van der Waals surface area contributed by atoms with Gasteiger partial charge in [-0.15, -0.1) is 0 Å². The van der Waals surface area contributed by atoms with Gasteiger partial charge in [-0.25, -0.2) is 4.98 Å². The fraction of sp³-hybridized carbons (Fsp3) is 0.133. The predicted molar refractivity (Wildman–Crippen MR) is 83.1 cm³/mol. The van der Waals surface area contributed by atoms with Gasteiger partial charge in [0.1, 0.15) is 0 Å². The molecule has 0 amide bonds. The minimum absolute atomic E-state index is 0.725. The molecule has 0 radical (unpaired) electrons. The van der Waals surface area contributed by atoms with E-state index in [1.165, 1.54) is 11.1 Å². The van der Waals surface area contributed by atoms with Crippen LogP contribution < -0.4 is 5.32 Å². The maximum Gasteiger partial charge on any atom is 0.184 e. The highest BCUT2D eigenvalue weighted by Crippen LogP contribution is 2.28. The number of nitrogens with one attached hydrogen (secondary N) is 1. The second-order valence-electron chi connectivity index (χ2n) is 4.41. The van der Waals surface area contributed by atoms with Crippen molar-refractivity contribution in [3.8, 4) is 0 Å². The Hall–Kier alpha value is -1.58. The zero-order valence-corrected chi connectivity index (χ0v) is 12.1. The number of thiazole rings is 1. The van der Waals surface area contributed by atoms with E-state index in [1.54, 1.807) is 11.3 Å². The van der Waals surface area contributed by atoms with Gasteiger partial charge in [-0.1, -0.05) is 47.2 Å². The van der Waals surface area contributed by atoms with Crippen molar-refractivity contribution in [1.82, 2.24) is 4.98 Å². The van der Waals surface area contributed by atoms with Crippen LogP contribution in [0.15, 0.2) is 42.5 Å². The molecule has 0 aliphatic carbocycles. The van der Waals surface area contributed by atoms with Crippen LogP contribution in [-0.4, -0.2) is 4.98 Å². The summed E-state index contributed by atoms with van der Waals surface area (Å²) < 4.78 is 1.15. The van der Waals surface area contributed by atoms with Gasteiger partial charge in [0.25, 0.3) is 0 Å². The van der Waals surface area contributed by atoms with Crippen LogP contribution in [0.5, 0.6) is 0 Å². The summed E-state index contributed by atoms with van der Waals surface area (Å²) in [6, 6.07) is 14.2. The highest BCUT2D eigenvalue weighted by Gasteiger charge is 2.04. The number of fused-ring (bicyclic) bond motifs is 1. The lowest BCUT2D eigenvalue weighted by Crippen LogP contribution is -2.00. The smallest absolute Gasteiger partial charge is 0.184 e. The number of aryl methyl sites for hydroxylation is 1. The maximum absolute atomic E-state index is 5.97. The second-order valence-corrected chi connectivity index (χ2v) is 5.88. The lowest BCUT2D eigenvalue weighted by molar-refractivity contribution is 1.11. The molecule has 1 heterocycles. The zero-order chi connectivity index (χ0) is 13.2. The predicted octanol–water partition coefficient (Wildman–Crippen LogP) is 4.87. The monoisotopic (exact) mass is 288 g/mol. The topological polar surface area (TPSA) is 24.9 Å². The number of nitrogens with zero attached hydrogens (tertiary/aromatic N) is 1. The number of aromatic nitrogens is 1. The number of rotatable bonds is 3. The van der Waals surface area contributed by atoms with Crippen LogP contribution >= 0.6 is 22.9 Å². The number of benzene rings is 2. The van der Waals surface area contributed by atoms with E-state index < -0.39 is 0 Å². The quantitative estimate of drug-likeness (QED) is 0.744. The molecule has 0 bridgehead atoms. The third-order valence-corrected chi connectivity index (χ3v) is 4.27. The third-order valence-electron chi connectivity index (χ3n) is 3.04. The Kier molecular flexibility index (Phi) is 3.40. The molecule has 3 aromatic rings. The highest BCUT2D eigenvalue weighted by molar-refractivity contribution is 7.22. The summed E-state index contributed by atoms with van der Waals surface area (Å²) in [5, 5.41) is 5.03. The first-order chi connectivity index (χ1) is 9.22. The molecule has 19 heavy (non-hydrogen) atoms. The van der Waals surface area contributed by atoms with Crippen LogP contribution in [0.1, 0.15) is 11.1 Å². The zero-order valence-electron chi connectivity index (χ0n) is 10.5. The van der Waals surface area contributed by atoms with E-state index in [-0.39, 0.29) is 0 Å². The fourth-order valence-corrected chi connectivity index (χ4v) is 2.96. The van der Waals surface area contributed by atoms with E-state index in [1.807, 2.05) is 18.2 Å². The lowest BCUT2D eigenvalue weighted by atomic mass is 10.1. The van der Waals surface area contributed by atoms with Gasteiger partial charge in [0.2, 0.25) is 0 Å². The molecule has 0 spiro atoms. The maximum atomic E-state index is 5.97. The first kappa shape index (κ1) is 12.5. The Morgan fingerprint density at radius 2 is 2.05 bits per heavy atom. The van der Waals surface area contributed by atoms with Gasteiger partial charge in [-0.2, -0.15) is 0 Å². The van der Waals surface area contributed by atoms with E-state index in [0.29, 0.717) is 0 Å². The Bertz CT molecular complexity index is 721. The Labute approximate surface area is 121 Å². The van der Waals surface area contributed by atoms with Gasteiger partial charge in [0, 0.05) is 11.6 Å². The summed E-state index contributed by atoms with van der Waals surface area (Å²) in [5.74, 6) is 0. The molecule has 2 nitrogen and oxygen atoms in total. The number of anilines is 1. The molecular formula is C15H13ClN2S. The molecule has 0 atom stereocenters. The summed E-state index contributed by atoms with van der Waals surface area (Å²) in [6.07, 6.45) is 0. The van der Waals surface area contributed by atoms with Gasteiger partial charge in [0.15, 0.2) is 5.13 Å². The van der Waals surface area contributed by atoms with E-state index in [2.05, 4.69) is 41.5 Å². The van der Waals surface area contributed by atoms with Crippen molar-refractivity contribution in [2.75, 3.05) is 5.32 Å². The highest BCUT2D eigenvalue weighted by atomic mass is 35.5. The first-order valence-corrected chi connectivity index (χ1v) is 7.26. The molecule has 0 aliphatic heterocycles. The molecule has 0 unspecified atom stereocenters. The summed E-state index contributed by atoms with van der Waals surface area (Å²) in [4.78, 5) is 4.54. The molecule has 0 fully saturated rings. The van der Waals surface area contributed by atoms with E-state index in [9.17, 15) is 0 Å². The van der Waals surface area contributed by atoms with Gasteiger partial charge in [-0.05, 0) is 36.2 Å². The molecule has 96 valence electrons.